The third-order valence-corrected chi connectivity index (χ3v) is 4.25. The van der Waals surface area contributed by atoms with Gasteiger partial charge in [0.15, 0.2) is 0 Å². The van der Waals surface area contributed by atoms with Crippen molar-refractivity contribution in [1.29, 1.82) is 0 Å². The molecule has 0 aliphatic carbocycles. The van der Waals surface area contributed by atoms with E-state index in [0.717, 1.165) is 31.2 Å². The zero-order chi connectivity index (χ0) is 13.1. The molecule has 0 amide bonds. The third kappa shape index (κ3) is 2.62. The first-order valence-electron chi connectivity index (χ1n) is 6.27. The molecule has 1 aliphatic rings. The van der Waals surface area contributed by atoms with Crippen molar-refractivity contribution in [2.75, 3.05) is 6.54 Å². The zero-order valence-electron chi connectivity index (χ0n) is 10.5. The highest BCUT2D eigenvalue weighted by Gasteiger charge is 2.19. The first-order valence-corrected chi connectivity index (χ1v) is 7.15. The van der Waals surface area contributed by atoms with Crippen LogP contribution in [-0.4, -0.2) is 17.4 Å². The quantitative estimate of drug-likeness (QED) is 0.362. The lowest BCUT2D eigenvalue weighted by molar-refractivity contribution is 0.383. The molecular formula is C14H16N4S. The molecule has 1 aromatic carbocycles. The van der Waals surface area contributed by atoms with E-state index in [1.54, 1.807) is 0 Å². The van der Waals surface area contributed by atoms with Gasteiger partial charge in [-0.1, -0.05) is 18.2 Å². The van der Waals surface area contributed by atoms with Gasteiger partial charge < -0.3 is 4.90 Å². The van der Waals surface area contributed by atoms with Gasteiger partial charge in [-0.15, -0.1) is 11.3 Å². The molecule has 2 aromatic rings. The monoisotopic (exact) mass is 272 g/mol. The summed E-state index contributed by atoms with van der Waals surface area (Å²) in [4.78, 5) is 8.23. The van der Waals surface area contributed by atoms with Gasteiger partial charge in [0.25, 0.3) is 0 Å². The highest BCUT2D eigenvalue weighted by Crippen LogP contribution is 2.24. The second-order valence-corrected chi connectivity index (χ2v) is 5.46. The van der Waals surface area contributed by atoms with Gasteiger partial charge in [0.2, 0.25) is 5.96 Å². The summed E-state index contributed by atoms with van der Waals surface area (Å²) in [5, 5.41) is 2.15. The Morgan fingerprint density at radius 3 is 2.89 bits per heavy atom. The van der Waals surface area contributed by atoms with Gasteiger partial charge in [-0.2, -0.15) is 0 Å². The topological polar surface area (TPSA) is 53.6 Å². The molecule has 0 saturated heterocycles. The molecule has 0 spiro atoms. The average Bonchev–Trinajstić information content (AvgIpc) is 2.93. The second-order valence-electron chi connectivity index (χ2n) is 4.46. The van der Waals surface area contributed by atoms with Gasteiger partial charge in [0, 0.05) is 18.0 Å². The summed E-state index contributed by atoms with van der Waals surface area (Å²) in [5.41, 5.74) is 5.01. The number of hydrogen-bond acceptors (Lipinski definition) is 3. The van der Waals surface area contributed by atoms with E-state index in [1.165, 1.54) is 10.4 Å². The van der Waals surface area contributed by atoms with Crippen molar-refractivity contribution in [3.05, 3.63) is 52.2 Å². The normalized spacial score (nSPS) is 15.2. The van der Waals surface area contributed by atoms with Crippen LogP contribution < -0.4 is 11.3 Å². The van der Waals surface area contributed by atoms with Crippen molar-refractivity contribution < 1.29 is 0 Å². The number of fused-ring (bicyclic) bond motifs is 1. The number of hydrazine groups is 1. The SMILES string of the molecule is NNC(=Nc1ccccc1)N1CCc2sccc2C1. The summed E-state index contributed by atoms with van der Waals surface area (Å²) in [5.74, 6) is 6.35. The van der Waals surface area contributed by atoms with Crippen molar-refractivity contribution in [2.24, 2.45) is 10.8 Å². The van der Waals surface area contributed by atoms with Crippen LogP contribution in [0.2, 0.25) is 0 Å². The molecule has 1 aromatic heterocycles. The summed E-state index contributed by atoms with van der Waals surface area (Å²) in [6.07, 6.45) is 1.06. The highest BCUT2D eigenvalue weighted by atomic mass is 32.1. The van der Waals surface area contributed by atoms with E-state index in [4.69, 9.17) is 5.84 Å². The maximum Gasteiger partial charge on any atom is 0.213 e. The molecular weight excluding hydrogens is 256 g/mol. The smallest absolute Gasteiger partial charge is 0.213 e. The Bertz CT molecular complexity index is 576. The molecule has 3 rings (SSSR count). The highest BCUT2D eigenvalue weighted by molar-refractivity contribution is 7.10. The van der Waals surface area contributed by atoms with Gasteiger partial charge in [0.05, 0.1) is 5.69 Å². The van der Waals surface area contributed by atoms with E-state index in [0.29, 0.717) is 0 Å². The zero-order valence-corrected chi connectivity index (χ0v) is 11.4. The summed E-state index contributed by atoms with van der Waals surface area (Å²) in [6.45, 7) is 1.82. The molecule has 19 heavy (non-hydrogen) atoms. The standard InChI is InChI=1S/C14H16N4S/c15-17-14(16-12-4-2-1-3-5-12)18-8-6-13-11(10-18)7-9-19-13/h1-5,7,9H,6,8,10,15H2,(H,16,17). The number of benzene rings is 1. The van der Waals surface area contributed by atoms with Crippen LogP contribution in [0, 0.1) is 0 Å². The predicted octanol–water partition coefficient (Wildman–Crippen LogP) is 2.26. The fourth-order valence-corrected chi connectivity index (χ4v) is 3.14. The van der Waals surface area contributed by atoms with Crippen LogP contribution in [0.1, 0.15) is 10.4 Å². The van der Waals surface area contributed by atoms with E-state index >= 15 is 0 Å². The van der Waals surface area contributed by atoms with Crippen LogP contribution in [0.4, 0.5) is 5.69 Å². The Morgan fingerprint density at radius 2 is 2.11 bits per heavy atom. The van der Waals surface area contributed by atoms with Gasteiger partial charge in [0.1, 0.15) is 0 Å². The minimum atomic E-state index is 0.725. The third-order valence-electron chi connectivity index (χ3n) is 3.23. The lowest BCUT2D eigenvalue weighted by Crippen LogP contribution is -2.46. The second kappa shape index (κ2) is 5.42. The van der Waals surface area contributed by atoms with Crippen LogP contribution in [-0.2, 0) is 13.0 Å². The van der Waals surface area contributed by atoms with Crippen molar-refractivity contribution in [3.8, 4) is 0 Å². The number of nitrogens with one attached hydrogen (secondary N) is 1. The fourth-order valence-electron chi connectivity index (χ4n) is 2.25. The van der Waals surface area contributed by atoms with E-state index in [9.17, 15) is 0 Å². The number of rotatable bonds is 1. The number of para-hydroxylation sites is 1. The lowest BCUT2D eigenvalue weighted by atomic mass is 10.1. The van der Waals surface area contributed by atoms with E-state index in [2.05, 4.69) is 26.8 Å². The Morgan fingerprint density at radius 1 is 1.26 bits per heavy atom. The van der Waals surface area contributed by atoms with Gasteiger partial charge in [-0.3, -0.25) is 5.43 Å². The summed E-state index contributed by atoms with van der Waals surface area (Å²) < 4.78 is 0. The average molecular weight is 272 g/mol. The minimum absolute atomic E-state index is 0.725. The first-order chi connectivity index (χ1) is 9.36. The Hall–Kier alpha value is -1.85. The van der Waals surface area contributed by atoms with Gasteiger partial charge in [-0.05, 0) is 35.6 Å². The van der Waals surface area contributed by atoms with Crippen LogP contribution in [0.25, 0.3) is 0 Å². The molecule has 0 atom stereocenters. The first kappa shape index (κ1) is 12.2. The van der Waals surface area contributed by atoms with Crippen LogP contribution in [0.3, 0.4) is 0 Å². The molecule has 0 fully saturated rings. The van der Waals surface area contributed by atoms with Crippen molar-refractivity contribution in [3.63, 3.8) is 0 Å². The molecule has 0 bridgehead atoms. The number of nitrogens with zero attached hydrogens (tertiary/aromatic N) is 2. The van der Waals surface area contributed by atoms with Gasteiger partial charge >= 0.3 is 0 Å². The Labute approximate surface area is 116 Å². The predicted molar refractivity (Wildman–Crippen MR) is 79.3 cm³/mol. The molecule has 3 N–H and O–H groups in total. The fraction of sp³-hybridized carbons (Fsp3) is 0.214. The number of thiophene rings is 1. The molecule has 0 saturated carbocycles. The summed E-state index contributed by atoms with van der Waals surface area (Å²) in [6, 6.07) is 12.0. The largest absolute Gasteiger partial charge is 0.337 e. The van der Waals surface area contributed by atoms with E-state index in [-0.39, 0.29) is 0 Å². The molecule has 2 heterocycles. The van der Waals surface area contributed by atoms with Crippen molar-refractivity contribution in [1.82, 2.24) is 10.3 Å². The number of nitrogens with two attached hydrogens (primary N) is 1. The van der Waals surface area contributed by atoms with Crippen molar-refractivity contribution >= 4 is 23.0 Å². The van der Waals surface area contributed by atoms with Crippen molar-refractivity contribution in [2.45, 2.75) is 13.0 Å². The van der Waals surface area contributed by atoms with Crippen LogP contribution in [0.15, 0.2) is 46.8 Å². The van der Waals surface area contributed by atoms with E-state index < -0.39 is 0 Å². The summed E-state index contributed by atoms with van der Waals surface area (Å²) >= 11 is 1.83. The van der Waals surface area contributed by atoms with Crippen LogP contribution >= 0.6 is 11.3 Å². The van der Waals surface area contributed by atoms with Gasteiger partial charge in [-0.25, -0.2) is 10.8 Å². The molecule has 5 heteroatoms. The lowest BCUT2D eigenvalue weighted by Gasteiger charge is -2.29. The molecule has 4 nitrogen and oxygen atoms in total. The van der Waals surface area contributed by atoms with E-state index in [1.807, 2.05) is 41.7 Å². The Balaban J connectivity index is 1.82. The molecule has 1 aliphatic heterocycles. The molecule has 0 unspecified atom stereocenters. The van der Waals surface area contributed by atoms with Crippen LogP contribution in [0.5, 0.6) is 0 Å². The molecule has 98 valence electrons. The minimum Gasteiger partial charge on any atom is -0.337 e. The molecule has 0 radical (unpaired) electrons. The maximum atomic E-state index is 5.63. The number of guanidine groups is 1. The number of hydrogen-bond donors (Lipinski definition) is 2. The maximum absolute atomic E-state index is 5.63. The Kier molecular flexibility index (Phi) is 3.48. The summed E-state index contributed by atoms with van der Waals surface area (Å²) in [7, 11) is 0. The number of aliphatic imine (C=N–C) groups is 1.